The van der Waals surface area contributed by atoms with Crippen LogP contribution >= 0.6 is 23.2 Å². The molecule has 122 valence electrons. The Morgan fingerprint density at radius 2 is 2.23 bits per heavy atom. The van der Waals surface area contributed by atoms with Crippen molar-refractivity contribution in [2.45, 2.75) is 19.8 Å². The molecule has 1 saturated heterocycles. The van der Waals surface area contributed by atoms with Gasteiger partial charge in [-0.05, 0) is 31.0 Å². The Morgan fingerprint density at radius 3 is 2.95 bits per heavy atom. The molecule has 0 aromatic heterocycles. The van der Waals surface area contributed by atoms with Crippen molar-refractivity contribution in [3.8, 4) is 5.75 Å². The van der Waals surface area contributed by atoms with E-state index in [-0.39, 0.29) is 12.5 Å². The highest BCUT2D eigenvalue weighted by Gasteiger charge is 2.26. The van der Waals surface area contributed by atoms with Gasteiger partial charge < -0.3 is 14.4 Å². The number of benzene rings is 1. The summed E-state index contributed by atoms with van der Waals surface area (Å²) in [7, 11) is 0. The molecule has 1 fully saturated rings. The van der Waals surface area contributed by atoms with E-state index in [4.69, 9.17) is 32.7 Å². The molecule has 6 heteroatoms. The number of hydrogen-bond acceptors (Lipinski definition) is 3. The molecule has 1 aromatic rings. The van der Waals surface area contributed by atoms with E-state index < -0.39 is 0 Å². The molecule has 0 spiro atoms. The first-order chi connectivity index (χ1) is 10.6. The number of amides is 1. The summed E-state index contributed by atoms with van der Waals surface area (Å²) in [6.07, 6.45) is 2.00. The molecule has 1 atom stereocenters. The van der Waals surface area contributed by atoms with Crippen LogP contribution < -0.4 is 4.74 Å². The van der Waals surface area contributed by atoms with Gasteiger partial charge in [-0.1, -0.05) is 30.1 Å². The van der Waals surface area contributed by atoms with Crippen LogP contribution in [-0.2, 0) is 9.53 Å². The van der Waals surface area contributed by atoms with E-state index in [9.17, 15) is 4.79 Å². The van der Waals surface area contributed by atoms with E-state index in [2.05, 4.69) is 6.92 Å². The average molecular weight is 346 g/mol. The maximum absolute atomic E-state index is 12.2. The molecule has 2 rings (SSSR count). The Labute approximate surface area is 141 Å². The number of rotatable bonds is 7. The average Bonchev–Trinajstić information content (AvgIpc) is 2.95. The predicted molar refractivity (Wildman–Crippen MR) is 87.8 cm³/mol. The van der Waals surface area contributed by atoms with Crippen LogP contribution in [0, 0.1) is 5.92 Å². The standard InChI is InChI=1S/C16H21Cl2NO3/c1-2-7-21-10-12-5-6-19(9-12)16(20)11-22-15-4-3-13(17)8-14(15)18/h3-4,8,12H,2,5-7,9-11H2,1H3. The highest BCUT2D eigenvalue weighted by Crippen LogP contribution is 2.27. The fraction of sp³-hybridized carbons (Fsp3) is 0.562. The third kappa shape index (κ3) is 5.04. The molecular formula is C16H21Cl2NO3. The summed E-state index contributed by atoms with van der Waals surface area (Å²) in [6.45, 7) is 5.08. The molecule has 4 nitrogen and oxygen atoms in total. The number of hydrogen-bond donors (Lipinski definition) is 0. The van der Waals surface area contributed by atoms with Gasteiger partial charge in [0, 0.05) is 30.6 Å². The van der Waals surface area contributed by atoms with Crippen molar-refractivity contribution in [1.29, 1.82) is 0 Å². The lowest BCUT2D eigenvalue weighted by Crippen LogP contribution is -2.33. The molecule has 0 radical (unpaired) electrons. The van der Waals surface area contributed by atoms with Crippen LogP contribution in [0.4, 0.5) is 0 Å². The summed E-state index contributed by atoms with van der Waals surface area (Å²) in [5, 5.41) is 0.950. The van der Waals surface area contributed by atoms with E-state index in [0.717, 1.165) is 39.1 Å². The number of carbonyl (C=O) groups is 1. The molecule has 1 aromatic carbocycles. The lowest BCUT2D eigenvalue weighted by Gasteiger charge is -2.17. The van der Waals surface area contributed by atoms with Gasteiger partial charge >= 0.3 is 0 Å². The summed E-state index contributed by atoms with van der Waals surface area (Å²) >= 11 is 11.8. The van der Waals surface area contributed by atoms with Gasteiger partial charge in [0.15, 0.2) is 6.61 Å². The van der Waals surface area contributed by atoms with Crippen molar-refractivity contribution in [3.63, 3.8) is 0 Å². The zero-order chi connectivity index (χ0) is 15.9. The zero-order valence-corrected chi connectivity index (χ0v) is 14.2. The highest BCUT2D eigenvalue weighted by atomic mass is 35.5. The first kappa shape index (κ1) is 17.4. The van der Waals surface area contributed by atoms with Crippen molar-refractivity contribution >= 4 is 29.1 Å². The molecule has 22 heavy (non-hydrogen) atoms. The fourth-order valence-electron chi connectivity index (χ4n) is 2.41. The molecule has 1 aliphatic heterocycles. The summed E-state index contributed by atoms with van der Waals surface area (Å²) < 4.78 is 11.0. The Morgan fingerprint density at radius 1 is 1.41 bits per heavy atom. The number of halogens is 2. The van der Waals surface area contributed by atoms with Crippen LogP contribution in [0.3, 0.4) is 0 Å². The monoisotopic (exact) mass is 345 g/mol. The first-order valence-corrected chi connectivity index (χ1v) is 8.29. The molecule has 1 aliphatic rings. The third-order valence-corrected chi connectivity index (χ3v) is 4.12. The van der Waals surface area contributed by atoms with E-state index in [1.54, 1.807) is 18.2 Å². The quantitative estimate of drug-likeness (QED) is 0.708. The second kappa shape index (κ2) is 8.61. The maximum atomic E-state index is 12.2. The first-order valence-electron chi connectivity index (χ1n) is 7.53. The minimum Gasteiger partial charge on any atom is -0.482 e. The number of carbonyl (C=O) groups excluding carboxylic acids is 1. The van der Waals surface area contributed by atoms with Gasteiger partial charge in [0.1, 0.15) is 5.75 Å². The number of ether oxygens (including phenoxy) is 2. The van der Waals surface area contributed by atoms with Crippen molar-refractivity contribution in [1.82, 2.24) is 4.90 Å². The van der Waals surface area contributed by atoms with Gasteiger partial charge in [0.2, 0.25) is 0 Å². The molecular weight excluding hydrogens is 325 g/mol. The van der Waals surface area contributed by atoms with Gasteiger partial charge in [0.05, 0.1) is 11.6 Å². The Hall–Kier alpha value is -0.970. The van der Waals surface area contributed by atoms with E-state index in [0.29, 0.717) is 21.7 Å². The second-order valence-electron chi connectivity index (χ2n) is 5.43. The predicted octanol–water partition coefficient (Wildman–Crippen LogP) is 3.65. The molecule has 0 bridgehead atoms. The Balaban J connectivity index is 1.76. The van der Waals surface area contributed by atoms with Crippen LogP contribution in [0.25, 0.3) is 0 Å². The van der Waals surface area contributed by atoms with Gasteiger partial charge in [-0.25, -0.2) is 0 Å². The van der Waals surface area contributed by atoms with E-state index in [1.807, 2.05) is 4.90 Å². The summed E-state index contributed by atoms with van der Waals surface area (Å²) in [5.41, 5.74) is 0. The highest BCUT2D eigenvalue weighted by molar-refractivity contribution is 6.35. The molecule has 1 heterocycles. The lowest BCUT2D eigenvalue weighted by molar-refractivity contribution is -0.132. The normalized spacial score (nSPS) is 17.8. The molecule has 0 saturated carbocycles. The summed E-state index contributed by atoms with van der Waals surface area (Å²) in [5.74, 6) is 0.875. The topological polar surface area (TPSA) is 38.8 Å². The Bertz CT molecular complexity index is 510. The fourth-order valence-corrected chi connectivity index (χ4v) is 2.88. The minimum atomic E-state index is -0.0241. The largest absolute Gasteiger partial charge is 0.482 e. The molecule has 1 unspecified atom stereocenters. The molecule has 0 aliphatic carbocycles. The second-order valence-corrected chi connectivity index (χ2v) is 6.28. The molecule has 1 amide bonds. The zero-order valence-electron chi connectivity index (χ0n) is 12.7. The van der Waals surface area contributed by atoms with Gasteiger partial charge in [-0.3, -0.25) is 4.79 Å². The van der Waals surface area contributed by atoms with E-state index in [1.165, 1.54) is 0 Å². The van der Waals surface area contributed by atoms with Crippen LogP contribution in [0.1, 0.15) is 19.8 Å². The Kier molecular flexibility index (Phi) is 6.80. The SMILES string of the molecule is CCCOCC1CCN(C(=O)COc2ccc(Cl)cc2Cl)C1. The number of likely N-dealkylation sites (tertiary alicyclic amines) is 1. The maximum Gasteiger partial charge on any atom is 0.260 e. The van der Waals surface area contributed by atoms with Crippen molar-refractivity contribution in [2.75, 3.05) is 32.9 Å². The third-order valence-electron chi connectivity index (χ3n) is 3.59. The van der Waals surface area contributed by atoms with Crippen LogP contribution in [0.5, 0.6) is 5.75 Å². The van der Waals surface area contributed by atoms with Gasteiger partial charge in [0.25, 0.3) is 5.91 Å². The van der Waals surface area contributed by atoms with Crippen molar-refractivity contribution in [3.05, 3.63) is 28.2 Å². The minimum absolute atomic E-state index is 0.0100. The van der Waals surface area contributed by atoms with Crippen LogP contribution in [-0.4, -0.2) is 43.7 Å². The van der Waals surface area contributed by atoms with Crippen LogP contribution in [0.15, 0.2) is 18.2 Å². The molecule has 0 N–H and O–H groups in total. The van der Waals surface area contributed by atoms with Gasteiger partial charge in [-0.2, -0.15) is 0 Å². The summed E-state index contributed by atoms with van der Waals surface area (Å²) in [6, 6.07) is 4.95. The smallest absolute Gasteiger partial charge is 0.260 e. The lowest BCUT2D eigenvalue weighted by atomic mass is 10.1. The summed E-state index contributed by atoms with van der Waals surface area (Å²) in [4.78, 5) is 14.0. The van der Waals surface area contributed by atoms with Gasteiger partial charge in [-0.15, -0.1) is 0 Å². The number of nitrogens with zero attached hydrogens (tertiary/aromatic N) is 1. The van der Waals surface area contributed by atoms with Crippen molar-refractivity contribution in [2.24, 2.45) is 5.92 Å². The van der Waals surface area contributed by atoms with E-state index >= 15 is 0 Å². The van der Waals surface area contributed by atoms with Crippen LogP contribution in [0.2, 0.25) is 10.0 Å². The van der Waals surface area contributed by atoms with Crippen molar-refractivity contribution < 1.29 is 14.3 Å².